The van der Waals surface area contributed by atoms with Crippen LogP contribution in [0.1, 0.15) is 35.1 Å². The van der Waals surface area contributed by atoms with Gasteiger partial charge in [-0.3, -0.25) is 4.79 Å². The van der Waals surface area contributed by atoms with Crippen molar-refractivity contribution in [2.24, 2.45) is 0 Å². The molecule has 0 bridgehead atoms. The van der Waals surface area contributed by atoms with Gasteiger partial charge in [-0.05, 0) is 72.7 Å². The Morgan fingerprint density at radius 3 is 2.59 bits per heavy atom. The van der Waals surface area contributed by atoms with E-state index in [1.54, 1.807) is 18.2 Å². The van der Waals surface area contributed by atoms with Crippen molar-refractivity contribution < 1.29 is 36.9 Å². The minimum Gasteiger partial charge on any atom is -0.492 e. The number of carboxylic acid groups (broad SMARTS) is 1. The molecule has 3 aromatic rings. The number of halogens is 4. The Bertz CT molecular complexity index is 1310. The second-order valence-electron chi connectivity index (χ2n) is 9.37. The van der Waals surface area contributed by atoms with E-state index in [2.05, 4.69) is 27.1 Å². The summed E-state index contributed by atoms with van der Waals surface area (Å²) in [5.41, 5.74) is 5.45. The first-order valence-corrected chi connectivity index (χ1v) is 12.7. The number of hydrogen-bond donors (Lipinski definition) is 2. The second kappa shape index (κ2) is 12.3. The maximum absolute atomic E-state index is 14.4. The lowest BCUT2D eigenvalue weighted by molar-refractivity contribution is -0.274. The van der Waals surface area contributed by atoms with Crippen molar-refractivity contribution in [3.8, 4) is 11.5 Å². The molecule has 0 spiro atoms. The predicted octanol–water partition coefficient (Wildman–Crippen LogP) is 6.49. The van der Waals surface area contributed by atoms with Gasteiger partial charge in [0.1, 0.15) is 23.9 Å². The minimum atomic E-state index is -4.76. The van der Waals surface area contributed by atoms with Crippen LogP contribution in [-0.4, -0.2) is 37.1 Å². The van der Waals surface area contributed by atoms with E-state index >= 15 is 0 Å². The molecule has 3 aromatic carbocycles. The fraction of sp³-hybridized carbons (Fsp3) is 0.345. The monoisotopic (exact) mass is 546 g/mol. The van der Waals surface area contributed by atoms with Gasteiger partial charge in [0.15, 0.2) is 0 Å². The highest BCUT2D eigenvalue weighted by Crippen LogP contribution is 2.33. The van der Waals surface area contributed by atoms with Crippen molar-refractivity contribution in [1.29, 1.82) is 0 Å². The number of alkyl halides is 3. The summed E-state index contributed by atoms with van der Waals surface area (Å²) in [5.74, 6) is -1.44. The Morgan fingerprint density at radius 2 is 1.85 bits per heavy atom. The maximum Gasteiger partial charge on any atom is 0.573 e. The number of nitrogens with zero attached hydrogens (tertiary/aromatic N) is 1. The highest BCUT2D eigenvalue weighted by molar-refractivity contribution is 5.67. The van der Waals surface area contributed by atoms with E-state index in [9.17, 15) is 22.4 Å². The maximum atomic E-state index is 14.4. The number of benzene rings is 3. The third-order valence-corrected chi connectivity index (χ3v) is 6.63. The molecule has 1 aliphatic heterocycles. The molecule has 1 heterocycles. The van der Waals surface area contributed by atoms with Gasteiger partial charge in [-0.2, -0.15) is 0 Å². The van der Waals surface area contributed by atoms with Gasteiger partial charge in [0.2, 0.25) is 0 Å². The summed E-state index contributed by atoms with van der Waals surface area (Å²) in [7, 11) is 0. The van der Waals surface area contributed by atoms with E-state index in [1.807, 2.05) is 6.92 Å². The summed E-state index contributed by atoms with van der Waals surface area (Å²) in [6.45, 7) is 4.18. The Hall–Kier alpha value is -3.95. The molecule has 0 aromatic heterocycles. The number of rotatable bonds is 11. The molecule has 10 heteroatoms. The van der Waals surface area contributed by atoms with Crippen LogP contribution < -0.4 is 19.7 Å². The Kier molecular flexibility index (Phi) is 8.83. The van der Waals surface area contributed by atoms with Crippen molar-refractivity contribution >= 4 is 17.3 Å². The number of nitrogens with one attached hydrogen (secondary N) is 1. The molecule has 2 N–H and O–H groups in total. The molecule has 39 heavy (non-hydrogen) atoms. The van der Waals surface area contributed by atoms with Gasteiger partial charge in [-0.1, -0.05) is 24.3 Å². The van der Waals surface area contributed by atoms with Gasteiger partial charge >= 0.3 is 12.3 Å². The van der Waals surface area contributed by atoms with Crippen LogP contribution in [0.25, 0.3) is 0 Å². The molecule has 6 nitrogen and oxygen atoms in total. The standard InChI is InChI=1S/C29H30F4N2O4/c1-19-22(18-34-23-11-9-20(26(30)16-23)10-12-27(36)37)8-7-21-4-3-13-35(28(19)21)14-15-38-24-5-2-6-25(17-24)39-29(31,32)33/h2,5-9,11,16-17,34H,3-4,10,12-15,18H2,1H3,(H,36,37). The van der Waals surface area contributed by atoms with Crippen LogP contribution in [0, 0.1) is 12.7 Å². The summed E-state index contributed by atoms with van der Waals surface area (Å²) in [4.78, 5) is 13.0. The molecule has 1 aliphatic rings. The van der Waals surface area contributed by atoms with Gasteiger partial charge in [-0.15, -0.1) is 13.2 Å². The minimum absolute atomic E-state index is 0.127. The Labute approximate surface area is 224 Å². The molecule has 0 fully saturated rings. The number of fused-ring (bicyclic) bond motifs is 1. The van der Waals surface area contributed by atoms with E-state index in [4.69, 9.17) is 9.84 Å². The largest absolute Gasteiger partial charge is 0.573 e. The van der Waals surface area contributed by atoms with Crippen molar-refractivity contribution in [2.45, 2.75) is 45.5 Å². The Balaban J connectivity index is 1.39. The van der Waals surface area contributed by atoms with Crippen molar-refractivity contribution in [2.75, 3.05) is 29.9 Å². The zero-order valence-corrected chi connectivity index (χ0v) is 21.5. The highest BCUT2D eigenvalue weighted by atomic mass is 19.4. The molecule has 0 saturated carbocycles. The molecule has 0 unspecified atom stereocenters. The lowest BCUT2D eigenvalue weighted by atomic mass is 9.94. The Morgan fingerprint density at radius 1 is 1.08 bits per heavy atom. The van der Waals surface area contributed by atoms with Crippen LogP contribution in [0.2, 0.25) is 0 Å². The first-order valence-electron chi connectivity index (χ1n) is 12.7. The number of hydrogen-bond acceptors (Lipinski definition) is 5. The molecule has 4 rings (SSSR count). The molecular weight excluding hydrogens is 516 g/mol. The quantitative estimate of drug-likeness (QED) is 0.268. The second-order valence-corrected chi connectivity index (χ2v) is 9.37. The molecule has 0 atom stereocenters. The van der Waals surface area contributed by atoms with Crippen LogP contribution in [0.5, 0.6) is 11.5 Å². The van der Waals surface area contributed by atoms with Crippen LogP contribution >= 0.6 is 0 Å². The fourth-order valence-electron chi connectivity index (χ4n) is 4.76. The zero-order chi connectivity index (χ0) is 28.0. The van der Waals surface area contributed by atoms with E-state index in [0.29, 0.717) is 30.1 Å². The van der Waals surface area contributed by atoms with E-state index in [-0.39, 0.29) is 25.2 Å². The SMILES string of the molecule is Cc1c(CNc2ccc(CCC(=O)O)c(F)c2)ccc2c1N(CCOc1cccc(OC(F)(F)F)c1)CCC2. The van der Waals surface area contributed by atoms with Gasteiger partial charge in [0.05, 0.1) is 6.54 Å². The van der Waals surface area contributed by atoms with Crippen LogP contribution in [0.15, 0.2) is 54.6 Å². The lowest BCUT2D eigenvalue weighted by Gasteiger charge is -2.33. The fourth-order valence-corrected chi connectivity index (χ4v) is 4.76. The van der Waals surface area contributed by atoms with E-state index in [1.165, 1.54) is 29.8 Å². The first-order chi connectivity index (χ1) is 18.6. The molecule has 0 saturated heterocycles. The van der Waals surface area contributed by atoms with Crippen LogP contribution in [0.3, 0.4) is 0 Å². The molecule has 0 amide bonds. The summed E-state index contributed by atoms with van der Waals surface area (Å²) in [5, 5.41) is 12.1. The summed E-state index contributed by atoms with van der Waals surface area (Å²) < 4.78 is 61.6. The predicted molar refractivity (Wildman–Crippen MR) is 140 cm³/mol. The topological polar surface area (TPSA) is 71.0 Å². The smallest absolute Gasteiger partial charge is 0.492 e. The number of aliphatic carboxylic acids is 1. The third-order valence-electron chi connectivity index (χ3n) is 6.63. The van der Waals surface area contributed by atoms with Crippen LogP contribution in [-0.2, 0) is 24.2 Å². The summed E-state index contributed by atoms with van der Waals surface area (Å²) >= 11 is 0. The third kappa shape index (κ3) is 7.78. The van der Waals surface area contributed by atoms with Gasteiger partial charge in [0.25, 0.3) is 0 Å². The molecule has 0 radical (unpaired) electrons. The normalized spacial score (nSPS) is 13.1. The average molecular weight is 547 g/mol. The van der Waals surface area contributed by atoms with Crippen molar-refractivity contribution in [1.82, 2.24) is 0 Å². The van der Waals surface area contributed by atoms with Gasteiger partial charge < -0.3 is 24.8 Å². The molecule has 208 valence electrons. The summed E-state index contributed by atoms with van der Waals surface area (Å²) in [6, 6.07) is 14.4. The van der Waals surface area contributed by atoms with Gasteiger partial charge in [0, 0.05) is 37.0 Å². The number of aryl methyl sites for hydroxylation is 2. The summed E-state index contributed by atoms with van der Waals surface area (Å²) in [6.07, 6.45) is -2.83. The van der Waals surface area contributed by atoms with Gasteiger partial charge in [-0.25, -0.2) is 4.39 Å². The number of carbonyl (C=O) groups is 1. The van der Waals surface area contributed by atoms with Crippen molar-refractivity contribution in [3.05, 3.63) is 82.7 Å². The average Bonchev–Trinajstić information content (AvgIpc) is 2.87. The lowest BCUT2D eigenvalue weighted by Crippen LogP contribution is -2.34. The molecule has 0 aliphatic carbocycles. The number of carboxylic acids is 1. The van der Waals surface area contributed by atoms with Crippen LogP contribution in [0.4, 0.5) is 28.9 Å². The number of ether oxygens (including phenoxy) is 2. The van der Waals surface area contributed by atoms with Crippen molar-refractivity contribution in [3.63, 3.8) is 0 Å². The zero-order valence-electron chi connectivity index (χ0n) is 21.5. The highest BCUT2D eigenvalue weighted by Gasteiger charge is 2.31. The van der Waals surface area contributed by atoms with E-state index in [0.717, 1.165) is 36.2 Å². The number of anilines is 2. The molecular formula is C29H30F4N2O4. The van der Waals surface area contributed by atoms with E-state index < -0.39 is 18.1 Å². The first kappa shape index (κ1) is 28.1.